The Morgan fingerprint density at radius 3 is 2.48 bits per heavy atom. The Morgan fingerprint density at radius 2 is 1.74 bits per heavy atom. The van der Waals surface area contributed by atoms with Gasteiger partial charge in [0.2, 0.25) is 0 Å². The molecular weight excluding hydrogens is 336 g/mol. The molecule has 1 aliphatic rings. The van der Waals surface area contributed by atoms with Crippen molar-refractivity contribution in [2.45, 2.75) is 32.6 Å². The summed E-state index contributed by atoms with van der Waals surface area (Å²) in [6.07, 6.45) is 1.98. The fourth-order valence-electron chi connectivity index (χ4n) is 3.81. The molecule has 1 aromatic heterocycles. The number of hydrogen-bond donors (Lipinski definition) is 1. The molecule has 4 rings (SSSR count). The average molecular weight is 362 g/mol. The molecule has 2 heterocycles. The van der Waals surface area contributed by atoms with Crippen molar-refractivity contribution in [3.05, 3.63) is 65.4 Å². The number of aromatic amines is 1. The van der Waals surface area contributed by atoms with Gasteiger partial charge < -0.3 is 14.6 Å². The number of nitrogens with zero attached hydrogens (tertiary/aromatic N) is 1. The van der Waals surface area contributed by atoms with Crippen molar-refractivity contribution in [1.29, 1.82) is 0 Å². The van der Waals surface area contributed by atoms with E-state index in [1.165, 1.54) is 27.7 Å². The van der Waals surface area contributed by atoms with Gasteiger partial charge >= 0.3 is 0 Å². The number of rotatable bonds is 4. The molecule has 4 nitrogen and oxygen atoms in total. The monoisotopic (exact) mass is 362 g/mol. The first-order valence-electron chi connectivity index (χ1n) is 9.65. The molecule has 1 saturated heterocycles. The van der Waals surface area contributed by atoms with Gasteiger partial charge in [0.1, 0.15) is 5.75 Å². The van der Waals surface area contributed by atoms with Crippen LogP contribution in [-0.2, 0) is 4.79 Å². The number of aryl methyl sites for hydroxylation is 2. The summed E-state index contributed by atoms with van der Waals surface area (Å²) in [5.74, 6) is 1.30. The lowest BCUT2D eigenvalue weighted by molar-refractivity contribution is -0.134. The summed E-state index contributed by atoms with van der Waals surface area (Å²) in [7, 11) is 0. The number of carbonyl (C=O) groups is 1. The number of fused-ring (bicyclic) bond motifs is 1. The molecule has 0 atom stereocenters. The normalized spacial score (nSPS) is 15.3. The summed E-state index contributed by atoms with van der Waals surface area (Å²) in [5, 5.41) is 1.27. The fourth-order valence-corrected chi connectivity index (χ4v) is 3.81. The first-order chi connectivity index (χ1) is 13.1. The first-order valence-corrected chi connectivity index (χ1v) is 9.65. The van der Waals surface area contributed by atoms with Crippen LogP contribution in [0.3, 0.4) is 0 Å². The molecule has 1 fully saturated rings. The van der Waals surface area contributed by atoms with Crippen LogP contribution in [0.1, 0.15) is 35.6 Å². The Kier molecular flexibility index (Phi) is 4.88. The van der Waals surface area contributed by atoms with Gasteiger partial charge in [-0.3, -0.25) is 4.79 Å². The number of H-pyrrole nitrogens is 1. The van der Waals surface area contributed by atoms with Crippen LogP contribution in [0.15, 0.2) is 48.5 Å². The second-order valence-electron chi connectivity index (χ2n) is 7.57. The highest BCUT2D eigenvalue weighted by Gasteiger charge is 2.25. The predicted molar refractivity (Wildman–Crippen MR) is 108 cm³/mol. The SMILES string of the molecule is Cc1ccc(OCC(=O)N2CCC(c3cc4cc(C)ccc4[nH]3)CC2)cc1. The van der Waals surface area contributed by atoms with E-state index < -0.39 is 0 Å². The number of ether oxygens (including phenoxy) is 1. The van der Waals surface area contributed by atoms with Crippen LogP contribution in [0.25, 0.3) is 10.9 Å². The highest BCUT2D eigenvalue weighted by Crippen LogP contribution is 2.30. The van der Waals surface area contributed by atoms with Crippen LogP contribution in [0, 0.1) is 13.8 Å². The van der Waals surface area contributed by atoms with Gasteiger partial charge in [0.25, 0.3) is 5.91 Å². The first kappa shape index (κ1) is 17.7. The zero-order valence-electron chi connectivity index (χ0n) is 16.0. The fraction of sp³-hybridized carbons (Fsp3) is 0.348. The maximum atomic E-state index is 12.5. The molecule has 0 saturated carbocycles. The maximum absolute atomic E-state index is 12.5. The second-order valence-corrected chi connectivity index (χ2v) is 7.57. The number of amides is 1. The summed E-state index contributed by atoms with van der Waals surface area (Å²) in [4.78, 5) is 17.9. The van der Waals surface area contributed by atoms with Crippen molar-refractivity contribution in [3.63, 3.8) is 0 Å². The molecule has 0 aliphatic carbocycles. The third kappa shape index (κ3) is 4.00. The van der Waals surface area contributed by atoms with Gasteiger partial charge in [0.05, 0.1) is 0 Å². The molecule has 1 amide bonds. The number of likely N-dealkylation sites (tertiary alicyclic amines) is 1. The zero-order chi connectivity index (χ0) is 18.8. The molecule has 3 aromatic rings. The molecular formula is C23H26N2O2. The van der Waals surface area contributed by atoms with Gasteiger partial charge in [-0.05, 0) is 62.4 Å². The Balaban J connectivity index is 1.32. The largest absolute Gasteiger partial charge is 0.484 e. The minimum Gasteiger partial charge on any atom is -0.484 e. The molecule has 4 heteroatoms. The molecule has 140 valence electrons. The van der Waals surface area contributed by atoms with Crippen molar-refractivity contribution in [2.75, 3.05) is 19.7 Å². The van der Waals surface area contributed by atoms with Gasteiger partial charge in [-0.25, -0.2) is 0 Å². The number of aromatic nitrogens is 1. The number of carbonyl (C=O) groups excluding carboxylic acids is 1. The van der Waals surface area contributed by atoms with Gasteiger partial charge in [0, 0.05) is 30.2 Å². The standard InChI is InChI=1S/C23H26N2O2/c1-16-3-6-20(7-4-16)27-15-23(26)25-11-9-18(10-12-25)22-14-19-13-17(2)5-8-21(19)24-22/h3-8,13-14,18,24H,9-12,15H2,1-2H3. The minimum absolute atomic E-state index is 0.0706. The van der Waals surface area contributed by atoms with Crippen molar-refractivity contribution in [3.8, 4) is 5.75 Å². The highest BCUT2D eigenvalue weighted by molar-refractivity contribution is 5.81. The Hall–Kier alpha value is -2.75. The average Bonchev–Trinajstić information content (AvgIpc) is 3.10. The van der Waals surface area contributed by atoms with E-state index in [0.717, 1.165) is 31.7 Å². The summed E-state index contributed by atoms with van der Waals surface area (Å²) in [6, 6.07) is 16.6. The Bertz CT molecular complexity index is 935. The van der Waals surface area contributed by atoms with Crippen LogP contribution in [0.2, 0.25) is 0 Å². The van der Waals surface area contributed by atoms with Crippen LogP contribution in [0.5, 0.6) is 5.75 Å². The van der Waals surface area contributed by atoms with E-state index in [0.29, 0.717) is 5.92 Å². The van der Waals surface area contributed by atoms with E-state index in [4.69, 9.17) is 4.74 Å². The number of hydrogen-bond acceptors (Lipinski definition) is 2. The number of piperidine rings is 1. The van der Waals surface area contributed by atoms with Crippen molar-refractivity contribution in [2.24, 2.45) is 0 Å². The van der Waals surface area contributed by atoms with E-state index >= 15 is 0 Å². The molecule has 2 aromatic carbocycles. The highest BCUT2D eigenvalue weighted by atomic mass is 16.5. The summed E-state index contributed by atoms with van der Waals surface area (Å²) in [5.41, 5.74) is 4.95. The topological polar surface area (TPSA) is 45.3 Å². The van der Waals surface area contributed by atoms with E-state index in [2.05, 4.69) is 36.2 Å². The van der Waals surface area contributed by atoms with E-state index in [9.17, 15) is 4.79 Å². The van der Waals surface area contributed by atoms with E-state index in [1.807, 2.05) is 36.1 Å². The summed E-state index contributed by atoms with van der Waals surface area (Å²) in [6.45, 7) is 5.84. The number of nitrogens with one attached hydrogen (secondary N) is 1. The van der Waals surface area contributed by atoms with Gasteiger partial charge in [-0.15, -0.1) is 0 Å². The Morgan fingerprint density at radius 1 is 1.04 bits per heavy atom. The molecule has 0 bridgehead atoms. The van der Waals surface area contributed by atoms with Gasteiger partial charge in [-0.1, -0.05) is 29.3 Å². The van der Waals surface area contributed by atoms with Crippen molar-refractivity contribution >= 4 is 16.8 Å². The smallest absolute Gasteiger partial charge is 0.260 e. The molecule has 0 spiro atoms. The molecule has 0 radical (unpaired) electrons. The van der Waals surface area contributed by atoms with Crippen LogP contribution in [0.4, 0.5) is 0 Å². The van der Waals surface area contributed by atoms with Crippen LogP contribution >= 0.6 is 0 Å². The van der Waals surface area contributed by atoms with E-state index in [-0.39, 0.29) is 12.5 Å². The van der Waals surface area contributed by atoms with Crippen LogP contribution in [-0.4, -0.2) is 35.5 Å². The minimum atomic E-state index is 0.0706. The quantitative estimate of drug-likeness (QED) is 0.739. The van der Waals surface area contributed by atoms with Crippen molar-refractivity contribution in [1.82, 2.24) is 9.88 Å². The molecule has 0 unspecified atom stereocenters. The number of benzene rings is 2. The summed E-state index contributed by atoms with van der Waals surface area (Å²) < 4.78 is 5.64. The maximum Gasteiger partial charge on any atom is 0.260 e. The third-order valence-electron chi connectivity index (χ3n) is 5.47. The lowest BCUT2D eigenvalue weighted by Crippen LogP contribution is -2.40. The summed E-state index contributed by atoms with van der Waals surface area (Å²) >= 11 is 0. The molecule has 1 aliphatic heterocycles. The third-order valence-corrected chi connectivity index (χ3v) is 5.47. The Labute approximate surface area is 160 Å². The second kappa shape index (κ2) is 7.47. The lowest BCUT2D eigenvalue weighted by atomic mass is 9.93. The molecule has 1 N–H and O–H groups in total. The van der Waals surface area contributed by atoms with Gasteiger partial charge in [0.15, 0.2) is 6.61 Å². The predicted octanol–water partition coefficient (Wildman–Crippen LogP) is 4.57. The van der Waals surface area contributed by atoms with E-state index in [1.54, 1.807) is 0 Å². The van der Waals surface area contributed by atoms with Crippen molar-refractivity contribution < 1.29 is 9.53 Å². The molecule has 27 heavy (non-hydrogen) atoms. The zero-order valence-corrected chi connectivity index (χ0v) is 16.0. The van der Waals surface area contributed by atoms with Crippen LogP contribution < -0.4 is 4.74 Å². The lowest BCUT2D eigenvalue weighted by Gasteiger charge is -2.31. The van der Waals surface area contributed by atoms with Gasteiger partial charge in [-0.2, -0.15) is 0 Å².